The third kappa shape index (κ3) is 2.16. The van der Waals surface area contributed by atoms with Gasteiger partial charge < -0.3 is 0 Å². The smallest absolute Gasteiger partial charge is 0.0669 e. The minimum Gasteiger partial charge on any atom is -0.251 e. The Bertz CT molecular complexity index is 901. The van der Waals surface area contributed by atoms with Gasteiger partial charge in [-0.05, 0) is 35.4 Å². The molecule has 1 aromatic heterocycles. The maximum absolute atomic E-state index is 4.79. The molecule has 2 aliphatic rings. The Balaban J connectivity index is 1.45. The third-order valence-corrected chi connectivity index (χ3v) is 5.57. The largest absolute Gasteiger partial charge is 0.251 e. The second-order valence-electron chi connectivity index (χ2n) is 5.89. The predicted molar refractivity (Wildman–Crippen MR) is 97.0 cm³/mol. The Labute approximate surface area is 138 Å². The van der Waals surface area contributed by atoms with Crippen molar-refractivity contribution in [2.75, 3.05) is 0 Å². The van der Waals surface area contributed by atoms with Crippen LogP contribution in [0.1, 0.15) is 20.9 Å². The van der Waals surface area contributed by atoms with Gasteiger partial charge in [0.05, 0.1) is 22.8 Å². The van der Waals surface area contributed by atoms with E-state index in [1.165, 1.54) is 32.3 Å². The van der Waals surface area contributed by atoms with Crippen LogP contribution >= 0.6 is 11.3 Å². The number of para-hydroxylation sites is 2. The van der Waals surface area contributed by atoms with E-state index < -0.39 is 0 Å². The Morgan fingerprint density at radius 3 is 1.57 bits per heavy atom. The molecule has 0 saturated heterocycles. The SMILES string of the molecule is c1ccc2c(c1)CC(c1ccc(C3=Nc4ccccc4C3)s1)=N2. The molecule has 0 spiro atoms. The van der Waals surface area contributed by atoms with Crippen LogP contribution in [-0.2, 0) is 12.8 Å². The summed E-state index contributed by atoms with van der Waals surface area (Å²) in [4.78, 5) is 12.1. The monoisotopic (exact) mass is 314 g/mol. The number of rotatable bonds is 2. The molecular formula is C20H14N2S. The quantitative estimate of drug-likeness (QED) is 0.628. The van der Waals surface area contributed by atoms with Gasteiger partial charge in [0.2, 0.25) is 0 Å². The molecule has 0 fully saturated rings. The van der Waals surface area contributed by atoms with E-state index in [-0.39, 0.29) is 0 Å². The van der Waals surface area contributed by atoms with E-state index >= 15 is 0 Å². The van der Waals surface area contributed by atoms with Crippen LogP contribution in [0.25, 0.3) is 0 Å². The fourth-order valence-electron chi connectivity index (χ4n) is 3.20. The first-order valence-electron chi connectivity index (χ1n) is 7.78. The Morgan fingerprint density at radius 2 is 1.09 bits per heavy atom. The van der Waals surface area contributed by atoms with Gasteiger partial charge in [-0.1, -0.05) is 36.4 Å². The number of benzene rings is 2. The first-order valence-corrected chi connectivity index (χ1v) is 8.60. The third-order valence-electron chi connectivity index (χ3n) is 4.38. The average molecular weight is 314 g/mol. The van der Waals surface area contributed by atoms with Crippen molar-refractivity contribution in [3.63, 3.8) is 0 Å². The molecule has 3 heterocycles. The lowest BCUT2D eigenvalue weighted by atomic mass is 10.1. The summed E-state index contributed by atoms with van der Waals surface area (Å²) >= 11 is 1.81. The van der Waals surface area contributed by atoms with Crippen LogP contribution in [0, 0.1) is 0 Å². The summed E-state index contributed by atoms with van der Waals surface area (Å²) in [5, 5.41) is 0. The molecule has 2 aliphatic heterocycles. The molecule has 0 bridgehead atoms. The minimum atomic E-state index is 0.933. The molecule has 2 aromatic carbocycles. The van der Waals surface area contributed by atoms with Crippen molar-refractivity contribution in [3.05, 3.63) is 81.5 Å². The molecule has 110 valence electrons. The van der Waals surface area contributed by atoms with E-state index in [4.69, 9.17) is 9.98 Å². The highest BCUT2D eigenvalue weighted by molar-refractivity contribution is 7.16. The highest BCUT2D eigenvalue weighted by Gasteiger charge is 2.20. The minimum absolute atomic E-state index is 0.933. The lowest BCUT2D eigenvalue weighted by Crippen LogP contribution is -1.98. The average Bonchev–Trinajstić information content (AvgIpc) is 3.30. The normalized spacial score (nSPS) is 15.1. The summed E-state index contributed by atoms with van der Waals surface area (Å²) in [7, 11) is 0. The lowest BCUT2D eigenvalue weighted by Gasteiger charge is -1.96. The van der Waals surface area contributed by atoms with Crippen LogP contribution in [0.3, 0.4) is 0 Å². The zero-order valence-electron chi connectivity index (χ0n) is 12.5. The molecule has 0 unspecified atom stereocenters. The van der Waals surface area contributed by atoms with Crippen molar-refractivity contribution in [1.82, 2.24) is 0 Å². The van der Waals surface area contributed by atoms with Crippen LogP contribution in [0.2, 0.25) is 0 Å². The van der Waals surface area contributed by atoms with Crippen molar-refractivity contribution in [2.45, 2.75) is 12.8 Å². The van der Waals surface area contributed by atoms with Gasteiger partial charge in [0.15, 0.2) is 0 Å². The van der Waals surface area contributed by atoms with E-state index in [1.807, 2.05) is 11.3 Å². The molecule has 5 rings (SSSR count). The summed E-state index contributed by atoms with van der Waals surface area (Å²) in [6.07, 6.45) is 1.87. The number of aliphatic imine (C=N–C) groups is 2. The summed E-state index contributed by atoms with van der Waals surface area (Å²) in [5.41, 5.74) is 7.23. The first kappa shape index (κ1) is 13.0. The summed E-state index contributed by atoms with van der Waals surface area (Å²) < 4.78 is 0. The van der Waals surface area contributed by atoms with Gasteiger partial charge in [0, 0.05) is 22.6 Å². The van der Waals surface area contributed by atoms with Gasteiger partial charge in [-0.25, -0.2) is 0 Å². The maximum atomic E-state index is 4.79. The summed E-state index contributed by atoms with van der Waals surface area (Å²) in [6, 6.07) is 21.2. The molecule has 0 atom stereocenters. The number of fused-ring (bicyclic) bond motifs is 2. The molecule has 2 nitrogen and oxygen atoms in total. The van der Waals surface area contributed by atoms with Crippen molar-refractivity contribution in [1.29, 1.82) is 0 Å². The Morgan fingerprint density at radius 1 is 0.609 bits per heavy atom. The van der Waals surface area contributed by atoms with Crippen LogP contribution < -0.4 is 0 Å². The lowest BCUT2D eigenvalue weighted by molar-refractivity contribution is 1.40. The van der Waals surface area contributed by atoms with Crippen molar-refractivity contribution in [3.8, 4) is 0 Å². The molecule has 0 amide bonds. The number of nitrogens with zero attached hydrogens (tertiary/aromatic N) is 2. The standard InChI is InChI=1S/C20H14N2S/c1-3-7-15-13(5-1)11-17(21-15)19-9-10-20(23-19)18-12-14-6-2-4-8-16(14)22-18/h1-10H,11-12H2. The number of hydrogen-bond acceptors (Lipinski definition) is 3. The molecule has 23 heavy (non-hydrogen) atoms. The van der Waals surface area contributed by atoms with E-state index in [2.05, 4.69) is 60.7 Å². The molecule has 3 aromatic rings. The molecule has 0 aliphatic carbocycles. The van der Waals surface area contributed by atoms with E-state index in [0.717, 1.165) is 24.2 Å². The molecular weight excluding hydrogens is 300 g/mol. The van der Waals surface area contributed by atoms with E-state index in [1.54, 1.807) is 0 Å². The highest BCUT2D eigenvalue weighted by Crippen LogP contribution is 2.33. The second kappa shape index (κ2) is 5.00. The Hall–Kier alpha value is -2.52. The van der Waals surface area contributed by atoms with Crippen molar-refractivity contribution in [2.24, 2.45) is 9.98 Å². The van der Waals surface area contributed by atoms with Crippen LogP contribution in [-0.4, -0.2) is 11.4 Å². The zero-order valence-corrected chi connectivity index (χ0v) is 13.3. The van der Waals surface area contributed by atoms with Gasteiger partial charge in [-0.3, -0.25) is 9.98 Å². The van der Waals surface area contributed by atoms with Crippen LogP contribution in [0.4, 0.5) is 11.4 Å². The number of thiophene rings is 1. The topological polar surface area (TPSA) is 24.7 Å². The van der Waals surface area contributed by atoms with Gasteiger partial charge in [0.25, 0.3) is 0 Å². The highest BCUT2D eigenvalue weighted by atomic mass is 32.1. The fourth-order valence-corrected chi connectivity index (χ4v) is 4.18. The van der Waals surface area contributed by atoms with Gasteiger partial charge >= 0.3 is 0 Å². The molecule has 0 radical (unpaired) electrons. The zero-order chi connectivity index (χ0) is 15.2. The van der Waals surface area contributed by atoms with Gasteiger partial charge in [-0.2, -0.15) is 0 Å². The van der Waals surface area contributed by atoms with Gasteiger partial charge in [-0.15, -0.1) is 11.3 Å². The van der Waals surface area contributed by atoms with Crippen LogP contribution in [0.5, 0.6) is 0 Å². The number of hydrogen-bond donors (Lipinski definition) is 0. The van der Waals surface area contributed by atoms with E-state index in [9.17, 15) is 0 Å². The Kier molecular flexibility index (Phi) is 2.82. The van der Waals surface area contributed by atoms with Gasteiger partial charge in [0.1, 0.15) is 0 Å². The summed E-state index contributed by atoms with van der Waals surface area (Å²) in [6.45, 7) is 0. The second-order valence-corrected chi connectivity index (χ2v) is 6.98. The van der Waals surface area contributed by atoms with Crippen LogP contribution in [0.15, 0.2) is 70.6 Å². The predicted octanol–water partition coefficient (Wildman–Crippen LogP) is 5.10. The van der Waals surface area contributed by atoms with Crippen molar-refractivity contribution < 1.29 is 0 Å². The molecule has 3 heteroatoms. The molecule has 0 N–H and O–H groups in total. The summed E-state index contributed by atoms with van der Waals surface area (Å²) in [5.74, 6) is 0. The van der Waals surface area contributed by atoms with Crippen molar-refractivity contribution >= 4 is 34.1 Å². The van der Waals surface area contributed by atoms with E-state index in [0.29, 0.717) is 0 Å². The maximum Gasteiger partial charge on any atom is 0.0669 e. The molecule has 0 saturated carbocycles. The first-order chi connectivity index (χ1) is 11.4. The fraction of sp³-hybridized carbons (Fsp3) is 0.100.